The molecule has 0 aromatic carbocycles. The number of ether oxygens (including phenoxy) is 6. The van der Waals surface area contributed by atoms with Crippen LogP contribution in [0.5, 0.6) is 0 Å². The van der Waals surface area contributed by atoms with E-state index in [2.05, 4.69) is 13.8 Å². The second-order valence-corrected chi connectivity index (χ2v) is 13.4. The van der Waals surface area contributed by atoms with Crippen molar-refractivity contribution < 1.29 is 47.6 Å². The molecule has 0 spiro atoms. The van der Waals surface area contributed by atoms with E-state index in [9.17, 15) is 19.2 Å². The highest BCUT2D eigenvalue weighted by molar-refractivity contribution is 5.83. The highest BCUT2D eigenvalue weighted by atomic mass is 16.6. The summed E-state index contributed by atoms with van der Waals surface area (Å²) in [5.74, 6) is -3.86. The average Bonchev–Trinajstić information content (AvgIpc) is 3.97. The lowest BCUT2D eigenvalue weighted by Crippen LogP contribution is -2.38. The molecule has 2 saturated carbocycles. The summed E-state index contributed by atoms with van der Waals surface area (Å²) in [6.07, 6.45) is 15.5. The summed E-state index contributed by atoms with van der Waals surface area (Å²) in [4.78, 5) is 51.6. The topological polar surface area (TPSA) is 130 Å². The van der Waals surface area contributed by atoms with Gasteiger partial charge < -0.3 is 28.4 Å². The molecule has 10 nitrogen and oxygen atoms in total. The maximum atomic E-state index is 13.0. The Morgan fingerprint density at radius 3 is 1.00 bits per heavy atom. The SMILES string of the molecule is CCCCCCCCOC(=O)C1CC2OC2CC1C(=O)OCCCOC(=O)C1CC2OC2CC1C(=O)OCCCCCCCC. The molecule has 10 heteroatoms. The Balaban J connectivity index is 1.12. The van der Waals surface area contributed by atoms with Gasteiger partial charge in [0, 0.05) is 6.42 Å². The number of carbonyl (C=O) groups is 4. The first-order chi connectivity index (χ1) is 21.9. The summed E-state index contributed by atoms with van der Waals surface area (Å²) in [5.41, 5.74) is 0. The highest BCUT2D eigenvalue weighted by Gasteiger charge is 2.54. The molecule has 4 rings (SSSR count). The van der Waals surface area contributed by atoms with Gasteiger partial charge in [-0.25, -0.2) is 0 Å². The number of hydrogen-bond donors (Lipinski definition) is 0. The largest absolute Gasteiger partial charge is 0.465 e. The molecule has 0 N–H and O–H groups in total. The normalized spacial score (nSPS) is 29.6. The van der Waals surface area contributed by atoms with E-state index in [0.717, 1.165) is 38.5 Å². The number of epoxide rings is 2. The van der Waals surface area contributed by atoms with Crippen LogP contribution < -0.4 is 0 Å². The molecule has 45 heavy (non-hydrogen) atoms. The quantitative estimate of drug-likeness (QED) is 0.0617. The molecule has 0 radical (unpaired) electrons. The lowest BCUT2D eigenvalue weighted by Gasteiger charge is -2.26. The monoisotopic (exact) mass is 636 g/mol. The molecular formula is C35H56O10. The van der Waals surface area contributed by atoms with Crippen LogP contribution in [0.2, 0.25) is 0 Å². The third-order valence-corrected chi connectivity index (χ3v) is 9.76. The van der Waals surface area contributed by atoms with Crippen LogP contribution in [0.1, 0.15) is 123 Å². The summed E-state index contributed by atoms with van der Waals surface area (Å²) in [5, 5.41) is 0. The Labute approximate surface area is 268 Å². The van der Waals surface area contributed by atoms with Gasteiger partial charge in [0.1, 0.15) is 0 Å². The summed E-state index contributed by atoms with van der Waals surface area (Å²) >= 11 is 0. The van der Waals surface area contributed by atoms with Gasteiger partial charge in [0.2, 0.25) is 0 Å². The predicted octanol–water partition coefficient (Wildman–Crippen LogP) is 5.86. The zero-order chi connectivity index (χ0) is 32.0. The van der Waals surface area contributed by atoms with Gasteiger partial charge in [-0.15, -0.1) is 0 Å². The van der Waals surface area contributed by atoms with E-state index in [1.807, 2.05) is 0 Å². The van der Waals surface area contributed by atoms with Crippen molar-refractivity contribution in [2.24, 2.45) is 23.7 Å². The molecule has 8 atom stereocenters. The number of unbranched alkanes of at least 4 members (excludes halogenated alkanes) is 10. The van der Waals surface area contributed by atoms with Crippen molar-refractivity contribution in [2.75, 3.05) is 26.4 Å². The van der Waals surface area contributed by atoms with Crippen LogP contribution >= 0.6 is 0 Å². The first kappa shape index (κ1) is 35.7. The third kappa shape index (κ3) is 11.5. The minimum atomic E-state index is -0.592. The van der Waals surface area contributed by atoms with Gasteiger partial charge in [-0.1, -0.05) is 78.1 Å². The van der Waals surface area contributed by atoms with Crippen LogP contribution in [-0.4, -0.2) is 74.7 Å². The fourth-order valence-corrected chi connectivity index (χ4v) is 6.83. The molecule has 4 aliphatic rings. The number of esters is 4. The molecular weight excluding hydrogens is 580 g/mol. The molecule has 4 fully saturated rings. The van der Waals surface area contributed by atoms with Crippen molar-refractivity contribution in [1.29, 1.82) is 0 Å². The van der Waals surface area contributed by atoms with E-state index < -0.39 is 35.6 Å². The first-order valence-electron chi connectivity index (χ1n) is 17.9. The van der Waals surface area contributed by atoms with Crippen molar-refractivity contribution >= 4 is 23.9 Å². The van der Waals surface area contributed by atoms with Crippen molar-refractivity contribution in [3.8, 4) is 0 Å². The van der Waals surface area contributed by atoms with Crippen LogP contribution in [0.15, 0.2) is 0 Å². The molecule has 256 valence electrons. The van der Waals surface area contributed by atoms with Gasteiger partial charge in [-0.2, -0.15) is 0 Å². The summed E-state index contributed by atoms with van der Waals surface area (Å²) in [6, 6.07) is 0. The Morgan fingerprint density at radius 1 is 0.422 bits per heavy atom. The standard InChI is InChI=1S/C35H56O10/c1-3-5-7-9-11-13-16-40-32(36)24-20-28-30(44-28)22-26(24)34(38)42-18-15-19-43-35(39)27-23-31-29(45-31)21-25(27)33(37)41-17-14-12-10-8-6-4-2/h24-31H,3-23H2,1-2H3. The molecule has 0 aromatic rings. The average molecular weight is 637 g/mol. The van der Waals surface area contributed by atoms with Gasteiger partial charge >= 0.3 is 23.9 Å². The van der Waals surface area contributed by atoms with Gasteiger partial charge in [0.15, 0.2) is 0 Å². The molecule has 0 amide bonds. The lowest BCUT2D eigenvalue weighted by molar-refractivity contribution is -0.164. The van der Waals surface area contributed by atoms with Gasteiger partial charge in [0.05, 0.1) is 74.5 Å². The van der Waals surface area contributed by atoms with E-state index in [1.54, 1.807) is 0 Å². The van der Waals surface area contributed by atoms with Crippen LogP contribution in [0, 0.1) is 23.7 Å². The van der Waals surface area contributed by atoms with Gasteiger partial charge in [-0.05, 0) is 38.5 Å². The van der Waals surface area contributed by atoms with Gasteiger partial charge in [-0.3, -0.25) is 19.2 Å². The number of fused-ring (bicyclic) bond motifs is 2. The summed E-state index contributed by atoms with van der Waals surface area (Å²) < 4.78 is 33.3. The van der Waals surface area contributed by atoms with E-state index in [1.165, 1.54) is 38.5 Å². The maximum Gasteiger partial charge on any atom is 0.309 e. The Bertz CT molecular complexity index is 879. The minimum absolute atomic E-state index is 0.00193. The highest BCUT2D eigenvalue weighted by Crippen LogP contribution is 2.45. The van der Waals surface area contributed by atoms with Crippen LogP contribution in [0.3, 0.4) is 0 Å². The second kappa shape index (κ2) is 18.8. The molecule has 0 aromatic heterocycles. The first-order valence-corrected chi connectivity index (χ1v) is 17.9. The van der Waals surface area contributed by atoms with Crippen molar-refractivity contribution in [3.05, 3.63) is 0 Å². The fourth-order valence-electron chi connectivity index (χ4n) is 6.83. The second-order valence-electron chi connectivity index (χ2n) is 13.4. The Morgan fingerprint density at radius 2 is 0.689 bits per heavy atom. The van der Waals surface area contributed by atoms with E-state index in [4.69, 9.17) is 28.4 Å². The zero-order valence-electron chi connectivity index (χ0n) is 27.6. The molecule has 8 unspecified atom stereocenters. The lowest BCUT2D eigenvalue weighted by atomic mass is 9.79. The number of hydrogen-bond acceptors (Lipinski definition) is 10. The fraction of sp³-hybridized carbons (Fsp3) is 0.886. The molecule has 2 heterocycles. The summed E-state index contributed by atoms with van der Waals surface area (Å²) in [6.45, 7) is 5.24. The predicted molar refractivity (Wildman–Crippen MR) is 165 cm³/mol. The molecule has 2 saturated heterocycles. The summed E-state index contributed by atoms with van der Waals surface area (Å²) in [7, 11) is 0. The molecule has 2 aliphatic heterocycles. The smallest absolute Gasteiger partial charge is 0.309 e. The molecule has 0 bridgehead atoms. The number of carbonyl (C=O) groups excluding carboxylic acids is 4. The zero-order valence-corrected chi connectivity index (χ0v) is 27.6. The van der Waals surface area contributed by atoms with E-state index in [0.29, 0.717) is 45.3 Å². The third-order valence-electron chi connectivity index (χ3n) is 9.76. The van der Waals surface area contributed by atoms with Crippen LogP contribution in [0.4, 0.5) is 0 Å². The van der Waals surface area contributed by atoms with Crippen LogP contribution in [-0.2, 0) is 47.6 Å². The van der Waals surface area contributed by atoms with Crippen molar-refractivity contribution in [2.45, 2.75) is 147 Å². The Kier molecular flexibility index (Phi) is 14.9. The maximum absolute atomic E-state index is 13.0. The van der Waals surface area contributed by atoms with Crippen molar-refractivity contribution in [1.82, 2.24) is 0 Å². The van der Waals surface area contributed by atoms with E-state index in [-0.39, 0.29) is 49.6 Å². The van der Waals surface area contributed by atoms with Crippen molar-refractivity contribution in [3.63, 3.8) is 0 Å². The van der Waals surface area contributed by atoms with E-state index >= 15 is 0 Å². The number of rotatable bonds is 22. The minimum Gasteiger partial charge on any atom is -0.465 e. The Hall–Kier alpha value is -2.20. The van der Waals surface area contributed by atoms with Crippen LogP contribution in [0.25, 0.3) is 0 Å². The molecule has 2 aliphatic carbocycles. The van der Waals surface area contributed by atoms with Gasteiger partial charge in [0.25, 0.3) is 0 Å².